The van der Waals surface area contributed by atoms with Crippen LogP contribution in [0.2, 0.25) is 0 Å². The second kappa shape index (κ2) is 3.18. The summed E-state index contributed by atoms with van der Waals surface area (Å²) in [6.45, 7) is 1.49. The summed E-state index contributed by atoms with van der Waals surface area (Å²) in [7, 11) is -2.75. The first-order valence-electron chi connectivity index (χ1n) is 3.18. The van der Waals surface area contributed by atoms with Gasteiger partial charge in [-0.05, 0) is 12.1 Å². The van der Waals surface area contributed by atoms with Gasteiger partial charge in [-0.1, -0.05) is 18.2 Å². The lowest BCUT2D eigenvalue weighted by Crippen LogP contribution is -2.08. The molecule has 3 nitrogen and oxygen atoms in total. The van der Waals surface area contributed by atoms with Crippen LogP contribution < -0.4 is 11.2 Å². The van der Waals surface area contributed by atoms with E-state index in [0.717, 1.165) is 0 Å². The lowest BCUT2D eigenvalue weighted by molar-refractivity contribution is 0.339. The Kier molecular flexibility index (Phi) is 2.45. The Bertz CT molecular complexity index is 273. The summed E-state index contributed by atoms with van der Waals surface area (Å²) in [5, 5.41) is 0.641. The number of rotatable bonds is 2. The quantitative estimate of drug-likeness (QED) is 0.535. The average Bonchev–Trinajstić information content (AvgIpc) is 2.06. The molecule has 0 aromatic heterocycles. The number of hydrogen-bond donors (Lipinski definition) is 1. The predicted octanol–water partition coefficient (Wildman–Crippen LogP) is 1.11. The fraction of sp³-hybridized carbons (Fsp3) is 0.143. The molecule has 1 rings (SSSR count). The van der Waals surface area contributed by atoms with Gasteiger partial charge in [0.05, 0.1) is 0 Å². The summed E-state index contributed by atoms with van der Waals surface area (Å²) in [5.74, 6) is 4.88. The Balaban J connectivity index is 3.03. The van der Waals surface area contributed by atoms with Gasteiger partial charge in [0.15, 0.2) is 0 Å². The normalized spacial score (nSPS) is 15.8. The van der Waals surface area contributed by atoms with Gasteiger partial charge in [-0.25, -0.2) is 10.5 Å². The first-order valence-corrected chi connectivity index (χ1v) is 5.25. The number of benzene rings is 1. The van der Waals surface area contributed by atoms with E-state index in [4.69, 9.17) is 5.90 Å². The molecule has 0 spiro atoms. The molecule has 0 fully saturated rings. The van der Waals surface area contributed by atoms with Crippen molar-refractivity contribution in [2.75, 3.05) is 6.66 Å². The molecule has 1 unspecified atom stereocenters. The minimum atomic E-state index is -2.75. The van der Waals surface area contributed by atoms with Crippen molar-refractivity contribution >= 4 is 12.7 Å². The zero-order valence-corrected chi connectivity index (χ0v) is 7.12. The second-order valence-electron chi connectivity index (χ2n) is 2.29. The van der Waals surface area contributed by atoms with Crippen LogP contribution in [0.4, 0.5) is 0 Å². The molecule has 0 aliphatic heterocycles. The Hall–Kier alpha value is -0.630. The standard InChI is InChI=1S/C7H10NO2P/c1-11(9,10-8)7-5-3-2-4-6-7/h2-6H,8H2,1H3. The van der Waals surface area contributed by atoms with Gasteiger partial charge in [-0.2, -0.15) is 0 Å². The van der Waals surface area contributed by atoms with Gasteiger partial charge >= 0.3 is 0 Å². The third kappa shape index (κ3) is 1.90. The fourth-order valence-electron chi connectivity index (χ4n) is 0.760. The van der Waals surface area contributed by atoms with Crippen molar-refractivity contribution in [3.05, 3.63) is 30.3 Å². The highest BCUT2D eigenvalue weighted by Gasteiger charge is 2.16. The Morgan fingerprint density at radius 1 is 1.36 bits per heavy atom. The highest BCUT2D eigenvalue weighted by molar-refractivity contribution is 7.66. The summed E-state index contributed by atoms with van der Waals surface area (Å²) in [4.78, 5) is 0. The average molecular weight is 171 g/mol. The summed E-state index contributed by atoms with van der Waals surface area (Å²) in [5.41, 5.74) is 0. The van der Waals surface area contributed by atoms with Gasteiger partial charge in [-0.15, -0.1) is 0 Å². The van der Waals surface area contributed by atoms with Gasteiger partial charge in [0.25, 0.3) is 0 Å². The van der Waals surface area contributed by atoms with Crippen molar-refractivity contribution in [2.45, 2.75) is 0 Å². The highest BCUT2D eigenvalue weighted by atomic mass is 31.2. The van der Waals surface area contributed by atoms with E-state index in [-0.39, 0.29) is 0 Å². The molecule has 2 N–H and O–H groups in total. The molecule has 4 heteroatoms. The third-order valence-electron chi connectivity index (χ3n) is 1.43. The van der Waals surface area contributed by atoms with E-state index in [9.17, 15) is 4.57 Å². The lowest BCUT2D eigenvalue weighted by atomic mass is 10.4. The number of nitrogens with two attached hydrogens (primary N) is 1. The van der Waals surface area contributed by atoms with E-state index in [0.29, 0.717) is 5.30 Å². The van der Waals surface area contributed by atoms with Gasteiger partial charge < -0.3 is 0 Å². The van der Waals surface area contributed by atoms with E-state index in [2.05, 4.69) is 4.62 Å². The molecule has 1 atom stereocenters. The monoisotopic (exact) mass is 171 g/mol. The second-order valence-corrected chi connectivity index (χ2v) is 4.71. The Morgan fingerprint density at radius 3 is 2.36 bits per heavy atom. The summed E-state index contributed by atoms with van der Waals surface area (Å²) >= 11 is 0. The van der Waals surface area contributed by atoms with Gasteiger partial charge in [0.2, 0.25) is 7.37 Å². The molecule has 0 heterocycles. The van der Waals surface area contributed by atoms with Crippen LogP contribution in [0.1, 0.15) is 0 Å². The summed E-state index contributed by atoms with van der Waals surface area (Å²) in [6, 6.07) is 8.90. The molecule has 1 aromatic carbocycles. The van der Waals surface area contributed by atoms with Crippen molar-refractivity contribution in [1.82, 2.24) is 0 Å². The van der Waals surface area contributed by atoms with Crippen molar-refractivity contribution in [3.8, 4) is 0 Å². The molecule has 0 radical (unpaired) electrons. The molecule has 0 aliphatic carbocycles. The van der Waals surface area contributed by atoms with E-state index >= 15 is 0 Å². The van der Waals surface area contributed by atoms with E-state index in [1.54, 1.807) is 24.3 Å². The van der Waals surface area contributed by atoms with Crippen LogP contribution in [0.15, 0.2) is 30.3 Å². The molecule has 0 saturated carbocycles. The molecule has 0 aliphatic rings. The smallest absolute Gasteiger partial charge is 0.245 e. The van der Waals surface area contributed by atoms with Crippen LogP contribution in [0.3, 0.4) is 0 Å². The van der Waals surface area contributed by atoms with Crippen LogP contribution in [-0.2, 0) is 9.19 Å². The van der Waals surface area contributed by atoms with Gasteiger partial charge in [0, 0.05) is 12.0 Å². The highest BCUT2D eigenvalue weighted by Crippen LogP contribution is 2.38. The molecule has 11 heavy (non-hydrogen) atoms. The maximum Gasteiger partial charge on any atom is 0.245 e. The molecule has 1 aromatic rings. The maximum absolute atomic E-state index is 11.4. The van der Waals surface area contributed by atoms with E-state index in [1.807, 2.05) is 6.07 Å². The molecule has 60 valence electrons. The van der Waals surface area contributed by atoms with Crippen LogP contribution in [0.25, 0.3) is 0 Å². The molecule has 0 amide bonds. The Labute approximate surface area is 65.6 Å². The maximum atomic E-state index is 11.4. The van der Waals surface area contributed by atoms with E-state index < -0.39 is 7.37 Å². The zero-order valence-electron chi connectivity index (χ0n) is 6.23. The van der Waals surface area contributed by atoms with Gasteiger partial charge in [-0.3, -0.25) is 4.57 Å². The SMILES string of the molecule is CP(=O)(ON)c1ccccc1. The first-order chi connectivity index (χ1) is 5.17. The fourth-order valence-corrected chi connectivity index (χ4v) is 1.60. The van der Waals surface area contributed by atoms with Crippen LogP contribution in [0.5, 0.6) is 0 Å². The topological polar surface area (TPSA) is 52.3 Å². The van der Waals surface area contributed by atoms with Crippen molar-refractivity contribution in [1.29, 1.82) is 0 Å². The predicted molar refractivity (Wildman–Crippen MR) is 44.9 cm³/mol. The van der Waals surface area contributed by atoms with Gasteiger partial charge in [0.1, 0.15) is 0 Å². The molecule has 0 saturated heterocycles. The molecule has 0 bridgehead atoms. The lowest BCUT2D eigenvalue weighted by Gasteiger charge is -2.08. The molecular formula is C7H10NO2P. The number of hydrogen-bond acceptors (Lipinski definition) is 3. The van der Waals surface area contributed by atoms with Crippen LogP contribution >= 0.6 is 7.37 Å². The van der Waals surface area contributed by atoms with Crippen LogP contribution in [0, 0.1) is 0 Å². The van der Waals surface area contributed by atoms with Crippen molar-refractivity contribution < 1.29 is 9.19 Å². The van der Waals surface area contributed by atoms with Crippen molar-refractivity contribution in [2.24, 2.45) is 5.90 Å². The summed E-state index contributed by atoms with van der Waals surface area (Å²) < 4.78 is 15.8. The zero-order chi connectivity index (χ0) is 8.32. The van der Waals surface area contributed by atoms with Crippen LogP contribution in [-0.4, -0.2) is 6.66 Å². The Morgan fingerprint density at radius 2 is 1.91 bits per heavy atom. The minimum Gasteiger partial charge on any atom is -0.286 e. The van der Waals surface area contributed by atoms with E-state index in [1.165, 1.54) is 6.66 Å². The van der Waals surface area contributed by atoms with Crippen molar-refractivity contribution in [3.63, 3.8) is 0 Å². The first kappa shape index (κ1) is 8.47. The largest absolute Gasteiger partial charge is 0.286 e. The minimum absolute atomic E-state index is 0.641. The summed E-state index contributed by atoms with van der Waals surface area (Å²) in [6.07, 6.45) is 0. The molecular weight excluding hydrogens is 161 g/mol. The third-order valence-corrected chi connectivity index (χ3v) is 3.06.